The van der Waals surface area contributed by atoms with E-state index >= 15 is 0 Å². The van der Waals surface area contributed by atoms with E-state index in [9.17, 15) is 4.79 Å². The van der Waals surface area contributed by atoms with Gasteiger partial charge in [0, 0.05) is 23.5 Å². The molecule has 23 heavy (non-hydrogen) atoms. The summed E-state index contributed by atoms with van der Waals surface area (Å²) in [6.45, 7) is 1.97. The molecule has 0 aliphatic heterocycles. The zero-order valence-corrected chi connectivity index (χ0v) is 13.4. The number of ketones is 1. The predicted molar refractivity (Wildman–Crippen MR) is 95.2 cm³/mol. The Labute approximate surface area is 138 Å². The van der Waals surface area contributed by atoms with Crippen LogP contribution in [-0.2, 0) is 12.8 Å². The fourth-order valence-corrected chi connectivity index (χ4v) is 2.57. The summed E-state index contributed by atoms with van der Waals surface area (Å²) in [5, 5.41) is 0. The van der Waals surface area contributed by atoms with Crippen LogP contribution >= 0.6 is 0 Å². The molecule has 2 aromatic rings. The van der Waals surface area contributed by atoms with Crippen molar-refractivity contribution in [3.05, 3.63) is 70.8 Å². The van der Waals surface area contributed by atoms with Crippen molar-refractivity contribution in [2.45, 2.75) is 26.2 Å². The Kier molecular flexibility index (Phi) is 5.79. The summed E-state index contributed by atoms with van der Waals surface area (Å²) in [6.07, 6.45) is 13.0. The Morgan fingerprint density at radius 2 is 1.78 bits per heavy atom. The lowest BCUT2D eigenvalue weighted by Crippen LogP contribution is -2.12. The van der Waals surface area contributed by atoms with Crippen molar-refractivity contribution in [3.63, 3.8) is 0 Å². The van der Waals surface area contributed by atoms with E-state index < -0.39 is 0 Å². The number of hydrogen-bond acceptors (Lipinski definition) is 1. The van der Waals surface area contributed by atoms with Crippen molar-refractivity contribution in [2.24, 2.45) is 5.92 Å². The third kappa shape index (κ3) is 4.35. The lowest BCUT2D eigenvalue weighted by molar-refractivity contribution is 0.0924. The van der Waals surface area contributed by atoms with Gasteiger partial charge in [-0.1, -0.05) is 55.3 Å². The molecule has 0 radical (unpaired) electrons. The molecule has 0 fully saturated rings. The first-order valence-corrected chi connectivity index (χ1v) is 7.77. The van der Waals surface area contributed by atoms with Crippen molar-refractivity contribution in [1.82, 2.24) is 0 Å². The number of carbonyl (C=O) groups is 1. The first-order valence-electron chi connectivity index (χ1n) is 7.77. The summed E-state index contributed by atoms with van der Waals surface area (Å²) in [6, 6.07) is 15.5. The lowest BCUT2D eigenvalue weighted by Gasteiger charge is -2.12. The number of benzene rings is 2. The average Bonchev–Trinajstić information content (AvgIpc) is 2.60. The Hall–Kier alpha value is -2.77. The van der Waals surface area contributed by atoms with Gasteiger partial charge >= 0.3 is 0 Å². The van der Waals surface area contributed by atoms with Crippen LogP contribution in [-0.4, -0.2) is 5.78 Å². The smallest absolute Gasteiger partial charge is 0.165 e. The van der Waals surface area contributed by atoms with E-state index in [1.54, 1.807) is 0 Å². The van der Waals surface area contributed by atoms with Crippen molar-refractivity contribution < 1.29 is 4.79 Å². The van der Waals surface area contributed by atoms with Crippen molar-refractivity contribution in [2.75, 3.05) is 0 Å². The number of aryl methyl sites for hydroxylation is 1. The SMILES string of the molecule is C#CCc1ccc(C(=O)C(C)CCc2ccccc2C#C)cc1. The van der Waals surface area contributed by atoms with Crippen LogP contribution in [0.5, 0.6) is 0 Å². The summed E-state index contributed by atoms with van der Waals surface area (Å²) in [5.41, 5.74) is 3.83. The molecule has 0 aromatic heterocycles. The van der Waals surface area contributed by atoms with Gasteiger partial charge in [-0.2, -0.15) is 0 Å². The minimum Gasteiger partial charge on any atom is -0.294 e. The van der Waals surface area contributed by atoms with Crippen LogP contribution in [0.2, 0.25) is 0 Å². The molecule has 2 aromatic carbocycles. The van der Waals surface area contributed by atoms with Crippen molar-refractivity contribution in [3.8, 4) is 24.7 Å². The second-order valence-corrected chi connectivity index (χ2v) is 5.68. The number of hydrogen-bond donors (Lipinski definition) is 0. The van der Waals surface area contributed by atoms with Crippen LogP contribution in [0.3, 0.4) is 0 Å². The third-order valence-electron chi connectivity index (χ3n) is 4.01. The van der Waals surface area contributed by atoms with Crippen LogP contribution in [0, 0.1) is 30.6 Å². The molecule has 0 bridgehead atoms. The number of rotatable bonds is 6. The molecule has 0 saturated heterocycles. The van der Waals surface area contributed by atoms with E-state index in [-0.39, 0.29) is 11.7 Å². The molecule has 0 N–H and O–H groups in total. The fourth-order valence-electron chi connectivity index (χ4n) is 2.57. The Morgan fingerprint density at radius 1 is 1.09 bits per heavy atom. The highest BCUT2D eigenvalue weighted by Gasteiger charge is 2.15. The molecule has 2 rings (SSSR count). The Balaban J connectivity index is 2.00. The van der Waals surface area contributed by atoms with Gasteiger partial charge < -0.3 is 0 Å². The van der Waals surface area contributed by atoms with Gasteiger partial charge in [-0.05, 0) is 30.0 Å². The zero-order chi connectivity index (χ0) is 16.7. The summed E-state index contributed by atoms with van der Waals surface area (Å²) < 4.78 is 0. The molecule has 1 heteroatoms. The van der Waals surface area contributed by atoms with Crippen LogP contribution in [0.25, 0.3) is 0 Å². The summed E-state index contributed by atoms with van der Waals surface area (Å²) >= 11 is 0. The van der Waals surface area contributed by atoms with E-state index in [0.717, 1.165) is 35.1 Å². The molecule has 1 unspecified atom stereocenters. The first-order chi connectivity index (χ1) is 11.2. The van der Waals surface area contributed by atoms with E-state index in [1.807, 2.05) is 55.5 Å². The summed E-state index contributed by atoms with van der Waals surface area (Å²) in [5.74, 6) is 5.42. The van der Waals surface area contributed by atoms with E-state index in [4.69, 9.17) is 12.8 Å². The molecule has 0 amide bonds. The van der Waals surface area contributed by atoms with Gasteiger partial charge in [-0.3, -0.25) is 4.79 Å². The number of terminal acetylenes is 2. The second kappa shape index (κ2) is 8.02. The van der Waals surface area contributed by atoms with Gasteiger partial charge in [0.25, 0.3) is 0 Å². The van der Waals surface area contributed by atoms with Crippen LogP contribution in [0.15, 0.2) is 48.5 Å². The molecular weight excluding hydrogens is 280 g/mol. The molecule has 0 aliphatic rings. The number of Topliss-reactive ketones (excluding diaryl/α,β-unsaturated/α-hetero) is 1. The maximum Gasteiger partial charge on any atom is 0.165 e. The third-order valence-corrected chi connectivity index (χ3v) is 4.01. The molecule has 1 atom stereocenters. The van der Waals surface area contributed by atoms with Crippen molar-refractivity contribution in [1.29, 1.82) is 0 Å². The van der Waals surface area contributed by atoms with Crippen LogP contribution < -0.4 is 0 Å². The summed E-state index contributed by atoms with van der Waals surface area (Å²) in [7, 11) is 0. The fraction of sp³-hybridized carbons (Fsp3) is 0.227. The monoisotopic (exact) mass is 300 g/mol. The normalized spacial score (nSPS) is 11.3. The van der Waals surface area contributed by atoms with Gasteiger partial charge in [-0.15, -0.1) is 18.8 Å². The highest BCUT2D eigenvalue weighted by Crippen LogP contribution is 2.18. The van der Waals surface area contributed by atoms with E-state index in [1.165, 1.54) is 0 Å². The van der Waals surface area contributed by atoms with E-state index in [0.29, 0.717) is 6.42 Å². The van der Waals surface area contributed by atoms with Gasteiger partial charge in [0.1, 0.15) is 0 Å². The Bertz CT molecular complexity index is 754. The maximum atomic E-state index is 12.5. The molecule has 1 nitrogen and oxygen atoms in total. The molecule has 0 heterocycles. The average molecular weight is 300 g/mol. The van der Waals surface area contributed by atoms with Gasteiger partial charge in [0.15, 0.2) is 5.78 Å². The molecule has 114 valence electrons. The van der Waals surface area contributed by atoms with Crippen molar-refractivity contribution >= 4 is 5.78 Å². The molecular formula is C22H20O. The minimum absolute atomic E-state index is 0.0423. The molecule has 0 saturated carbocycles. The lowest BCUT2D eigenvalue weighted by atomic mass is 9.91. The van der Waals surface area contributed by atoms with Gasteiger partial charge in [0.05, 0.1) is 0 Å². The topological polar surface area (TPSA) is 17.1 Å². The summed E-state index contributed by atoms with van der Waals surface area (Å²) in [4.78, 5) is 12.5. The van der Waals surface area contributed by atoms with Gasteiger partial charge in [-0.25, -0.2) is 0 Å². The van der Waals surface area contributed by atoms with E-state index in [2.05, 4.69) is 11.8 Å². The largest absolute Gasteiger partial charge is 0.294 e. The Morgan fingerprint density at radius 3 is 2.43 bits per heavy atom. The van der Waals surface area contributed by atoms with Crippen LogP contribution in [0.4, 0.5) is 0 Å². The molecule has 0 spiro atoms. The minimum atomic E-state index is -0.0423. The predicted octanol–water partition coefficient (Wildman–Crippen LogP) is 4.30. The standard InChI is InChI=1S/C22H20O/c1-4-8-18-12-15-21(16-13-18)22(23)17(3)11-14-20-10-7-6-9-19(20)5-2/h1-2,6-7,9-10,12-13,15-17H,8,11,14H2,3H3. The second-order valence-electron chi connectivity index (χ2n) is 5.68. The zero-order valence-electron chi connectivity index (χ0n) is 13.4. The highest BCUT2D eigenvalue weighted by molar-refractivity contribution is 5.97. The first kappa shape index (κ1) is 16.6. The maximum absolute atomic E-state index is 12.5. The highest BCUT2D eigenvalue weighted by atomic mass is 16.1. The quantitative estimate of drug-likeness (QED) is 0.574. The number of carbonyl (C=O) groups excluding carboxylic acids is 1. The van der Waals surface area contributed by atoms with Gasteiger partial charge in [0.2, 0.25) is 0 Å². The molecule has 0 aliphatic carbocycles. The van der Waals surface area contributed by atoms with Crippen LogP contribution in [0.1, 0.15) is 40.4 Å².